The van der Waals surface area contributed by atoms with Crippen LogP contribution >= 0.6 is 7.59 Å². The minimum absolute atomic E-state index is 0.108. The summed E-state index contributed by atoms with van der Waals surface area (Å²) in [6.07, 6.45) is 5.47. The van der Waals surface area contributed by atoms with Crippen molar-refractivity contribution in [3.05, 3.63) is 114 Å². The fourth-order valence-electron chi connectivity index (χ4n) is 6.36. The van der Waals surface area contributed by atoms with Crippen molar-refractivity contribution in [3.63, 3.8) is 0 Å². The van der Waals surface area contributed by atoms with Gasteiger partial charge in [-0.1, -0.05) is 24.3 Å². The van der Waals surface area contributed by atoms with Crippen molar-refractivity contribution >= 4 is 29.9 Å². The first-order valence-electron chi connectivity index (χ1n) is 13.8. The summed E-state index contributed by atoms with van der Waals surface area (Å²) in [5.74, 6) is -2.77. The van der Waals surface area contributed by atoms with Crippen molar-refractivity contribution in [1.82, 2.24) is 15.0 Å². The van der Waals surface area contributed by atoms with Crippen LogP contribution in [0.5, 0.6) is 0 Å². The molecule has 0 aliphatic carbocycles. The van der Waals surface area contributed by atoms with Gasteiger partial charge in [0.05, 0.1) is 11.6 Å². The number of hydrogen-bond acceptors (Lipinski definition) is 3. The number of aromatic nitrogens is 1. The van der Waals surface area contributed by atoms with E-state index in [1.165, 1.54) is 0 Å². The van der Waals surface area contributed by atoms with E-state index in [0.29, 0.717) is 24.0 Å². The van der Waals surface area contributed by atoms with Crippen molar-refractivity contribution in [2.24, 2.45) is 11.8 Å². The smallest absolute Gasteiger partial charge is 0.308 e. The molecule has 0 amide bonds. The number of pyridine rings is 1. The molecule has 4 aromatic rings. The summed E-state index contributed by atoms with van der Waals surface area (Å²) in [7, 11) is -4.14. The van der Waals surface area contributed by atoms with Gasteiger partial charge in [0.1, 0.15) is 23.3 Å². The number of anilines is 2. The third kappa shape index (κ3) is 5.93. The highest BCUT2D eigenvalue weighted by Crippen LogP contribution is 2.49. The molecule has 3 saturated heterocycles. The lowest BCUT2D eigenvalue weighted by atomic mass is 9.73. The molecule has 4 heterocycles. The Hall–Kier alpha value is -3.72. The zero-order valence-electron chi connectivity index (χ0n) is 22.6. The summed E-state index contributed by atoms with van der Waals surface area (Å²) in [6, 6.07) is 14.2. The molecular formula is C31H30F4N5OP. The highest BCUT2D eigenvalue weighted by molar-refractivity contribution is 7.64. The first-order chi connectivity index (χ1) is 20.2. The second-order valence-electron chi connectivity index (χ2n) is 10.9. The lowest BCUT2D eigenvalue weighted by molar-refractivity contribution is 0.00484. The van der Waals surface area contributed by atoms with Crippen molar-refractivity contribution in [1.29, 1.82) is 0 Å². The van der Waals surface area contributed by atoms with E-state index in [0.717, 1.165) is 66.7 Å². The molecule has 3 aromatic carbocycles. The number of piperidine rings is 3. The molecule has 1 unspecified atom stereocenters. The number of para-hydroxylation sites is 1. The van der Waals surface area contributed by atoms with Crippen molar-refractivity contribution in [3.8, 4) is 0 Å². The lowest BCUT2D eigenvalue weighted by Crippen LogP contribution is -2.56. The van der Waals surface area contributed by atoms with Gasteiger partial charge in [0, 0.05) is 47.7 Å². The van der Waals surface area contributed by atoms with E-state index in [1.807, 2.05) is 36.4 Å². The Bertz CT molecular complexity index is 1580. The number of halogens is 4. The van der Waals surface area contributed by atoms with Gasteiger partial charge in [-0.25, -0.2) is 22.6 Å². The summed E-state index contributed by atoms with van der Waals surface area (Å²) in [4.78, 5) is 6.83. The third-order valence-electron chi connectivity index (χ3n) is 8.18. The van der Waals surface area contributed by atoms with Gasteiger partial charge >= 0.3 is 7.59 Å². The lowest BCUT2D eigenvalue weighted by Gasteiger charge is -2.52. The van der Waals surface area contributed by atoms with Crippen LogP contribution in [-0.4, -0.2) is 29.0 Å². The minimum atomic E-state index is -4.14. The highest BCUT2D eigenvalue weighted by atomic mass is 31.2. The summed E-state index contributed by atoms with van der Waals surface area (Å²) >= 11 is 0. The highest BCUT2D eigenvalue weighted by Gasteiger charge is 2.44. The molecule has 6 nitrogen and oxygen atoms in total. The largest absolute Gasteiger partial charge is 0.328 e. The molecule has 11 heteroatoms. The van der Waals surface area contributed by atoms with Crippen molar-refractivity contribution in [2.45, 2.75) is 24.9 Å². The van der Waals surface area contributed by atoms with Gasteiger partial charge in [-0.15, -0.1) is 6.58 Å². The number of fused-ring (bicyclic) bond motifs is 4. The predicted molar refractivity (Wildman–Crippen MR) is 157 cm³/mol. The Morgan fingerprint density at radius 1 is 0.929 bits per heavy atom. The van der Waals surface area contributed by atoms with Crippen LogP contribution in [0, 0.1) is 35.1 Å². The quantitative estimate of drug-likeness (QED) is 0.105. The van der Waals surface area contributed by atoms with Crippen LogP contribution in [0.15, 0.2) is 85.6 Å². The van der Waals surface area contributed by atoms with Crippen LogP contribution in [0.2, 0.25) is 0 Å². The Balaban J connectivity index is 1.46. The summed E-state index contributed by atoms with van der Waals surface area (Å²) in [5, 5.41) is 9.57. The standard InChI is InChI=1S/C31H30F4N5OP/c1-2-19-18-40-10-8-20(19)11-30(40)31(28-7-9-36-29-6-4-3-5-27(28)29)39-42(41,37-25-14-21(32)12-22(33)15-25)38-26-16-23(34)13-24(35)17-26/h2-7,9,12-17,19-20,30-31H,1,8,10-11,18H2,(H3,37,38,39,41)/t19-,20-,30+,31-/m0/s1. The molecule has 3 N–H and O–H groups in total. The molecule has 7 rings (SSSR count). The van der Waals surface area contributed by atoms with E-state index in [2.05, 4.69) is 31.7 Å². The van der Waals surface area contributed by atoms with Crippen molar-refractivity contribution < 1.29 is 22.1 Å². The predicted octanol–water partition coefficient (Wildman–Crippen LogP) is 7.65. The van der Waals surface area contributed by atoms with E-state index >= 15 is 0 Å². The van der Waals surface area contributed by atoms with Gasteiger partial charge in [-0.3, -0.25) is 14.4 Å². The van der Waals surface area contributed by atoms with Gasteiger partial charge in [-0.2, -0.15) is 0 Å². The Morgan fingerprint density at radius 2 is 1.55 bits per heavy atom. The molecule has 5 atom stereocenters. The molecule has 0 saturated carbocycles. The fraction of sp³-hybridized carbons (Fsp3) is 0.258. The molecule has 2 bridgehead atoms. The second kappa shape index (κ2) is 11.5. The van der Waals surface area contributed by atoms with E-state index in [-0.39, 0.29) is 17.4 Å². The van der Waals surface area contributed by atoms with Gasteiger partial charge < -0.3 is 10.2 Å². The molecule has 218 valence electrons. The van der Waals surface area contributed by atoms with Crippen molar-refractivity contribution in [2.75, 3.05) is 23.3 Å². The van der Waals surface area contributed by atoms with Crippen LogP contribution in [0.4, 0.5) is 28.9 Å². The summed E-state index contributed by atoms with van der Waals surface area (Å²) in [5.41, 5.74) is 1.36. The second-order valence-corrected chi connectivity index (χ2v) is 12.8. The number of hydrogen-bond donors (Lipinski definition) is 3. The van der Waals surface area contributed by atoms with Crippen LogP contribution in [-0.2, 0) is 4.57 Å². The average molecular weight is 596 g/mol. The summed E-state index contributed by atoms with van der Waals surface area (Å²) in [6.45, 7) is 5.65. The van der Waals surface area contributed by atoms with Gasteiger partial charge in [0.15, 0.2) is 0 Å². The van der Waals surface area contributed by atoms with E-state index in [4.69, 9.17) is 0 Å². The molecule has 42 heavy (non-hydrogen) atoms. The average Bonchev–Trinajstić information content (AvgIpc) is 2.94. The van der Waals surface area contributed by atoms with E-state index in [9.17, 15) is 22.1 Å². The minimum Gasteiger partial charge on any atom is -0.308 e. The molecule has 3 fully saturated rings. The van der Waals surface area contributed by atoms with Gasteiger partial charge in [-0.05, 0) is 73.2 Å². The molecule has 1 aromatic heterocycles. The molecule has 3 aliphatic rings. The normalized spacial score (nSPS) is 22.6. The van der Waals surface area contributed by atoms with Crippen LogP contribution in [0.25, 0.3) is 10.9 Å². The van der Waals surface area contributed by atoms with Gasteiger partial charge in [0.25, 0.3) is 0 Å². The SMILES string of the molecule is C=C[C@H]1CN2CC[C@H]1C[C@@H]2[C@@H](NP(=O)(Nc1cc(F)cc(F)c1)Nc1cc(F)cc(F)c1)c1ccnc2ccccc12. The van der Waals surface area contributed by atoms with Crippen LogP contribution < -0.4 is 15.3 Å². The molecular weight excluding hydrogens is 565 g/mol. The maximum absolute atomic E-state index is 14.8. The number of nitrogens with zero attached hydrogens (tertiary/aromatic N) is 2. The van der Waals surface area contributed by atoms with Crippen LogP contribution in [0.1, 0.15) is 24.4 Å². The Labute approximate surface area is 241 Å². The first kappa shape index (κ1) is 28.4. The fourth-order valence-corrected chi connectivity index (χ4v) is 8.24. The number of nitrogens with one attached hydrogen (secondary N) is 3. The van der Waals surface area contributed by atoms with E-state index < -0.39 is 36.9 Å². The molecule has 3 aliphatic heterocycles. The van der Waals surface area contributed by atoms with Crippen LogP contribution in [0.3, 0.4) is 0 Å². The zero-order valence-corrected chi connectivity index (χ0v) is 23.5. The molecule has 0 spiro atoms. The third-order valence-corrected chi connectivity index (χ3v) is 9.96. The maximum Gasteiger partial charge on any atom is 0.328 e. The Morgan fingerprint density at radius 3 is 2.12 bits per heavy atom. The first-order valence-corrected chi connectivity index (χ1v) is 15.5. The number of rotatable bonds is 9. The van der Waals surface area contributed by atoms with Gasteiger partial charge in [0.2, 0.25) is 0 Å². The zero-order chi connectivity index (χ0) is 29.4. The Kier molecular flexibility index (Phi) is 7.79. The number of benzene rings is 3. The maximum atomic E-state index is 14.8. The monoisotopic (exact) mass is 595 g/mol. The van der Waals surface area contributed by atoms with E-state index in [1.54, 1.807) is 6.20 Å². The summed E-state index contributed by atoms with van der Waals surface area (Å²) < 4.78 is 71.5. The molecule has 0 radical (unpaired) electrons. The topological polar surface area (TPSA) is 69.3 Å².